The highest BCUT2D eigenvalue weighted by Gasteiger charge is 2.48. The molecule has 1 aliphatic carbocycles. The molecule has 0 aromatic heterocycles. The molecule has 1 amide bonds. The van der Waals surface area contributed by atoms with Crippen molar-refractivity contribution in [3.63, 3.8) is 0 Å². The van der Waals surface area contributed by atoms with Gasteiger partial charge in [0.05, 0.1) is 0 Å². The number of carbonyl (C=O) groups excluding carboxylic acids is 1. The van der Waals surface area contributed by atoms with Crippen molar-refractivity contribution >= 4 is 17.7 Å². The second-order valence-corrected chi connectivity index (χ2v) is 6.83. The van der Waals surface area contributed by atoms with Gasteiger partial charge in [0.1, 0.15) is 5.54 Å². The van der Waals surface area contributed by atoms with E-state index < -0.39 is 5.54 Å². The van der Waals surface area contributed by atoms with Crippen LogP contribution in [-0.2, 0) is 10.5 Å². The molecule has 0 aliphatic heterocycles. The van der Waals surface area contributed by atoms with E-state index in [1.165, 1.54) is 16.7 Å². The van der Waals surface area contributed by atoms with Crippen LogP contribution in [0.4, 0.5) is 0 Å². The Morgan fingerprint density at radius 3 is 2.40 bits per heavy atom. The van der Waals surface area contributed by atoms with E-state index in [9.17, 15) is 4.79 Å². The van der Waals surface area contributed by atoms with Gasteiger partial charge in [-0.3, -0.25) is 4.79 Å². The first-order chi connectivity index (χ1) is 9.48. The number of thioether (sulfide) groups is 1. The number of hydrogen-bond acceptors (Lipinski definition) is 3. The lowest BCUT2D eigenvalue weighted by Crippen LogP contribution is -2.57. The Hall–Kier alpha value is -1.00. The van der Waals surface area contributed by atoms with E-state index >= 15 is 0 Å². The third-order valence-corrected chi connectivity index (χ3v) is 5.24. The molecule has 1 fully saturated rings. The summed E-state index contributed by atoms with van der Waals surface area (Å²) in [6.07, 6.45) is 2.21. The maximum Gasteiger partial charge on any atom is 0.238 e. The molecule has 0 spiro atoms. The molecule has 1 aliphatic rings. The first-order valence-electron chi connectivity index (χ1n) is 7.11. The minimum absolute atomic E-state index is 0.213. The van der Waals surface area contributed by atoms with Gasteiger partial charge in [0, 0.05) is 11.5 Å². The van der Waals surface area contributed by atoms with E-state index in [4.69, 9.17) is 5.73 Å². The van der Waals surface area contributed by atoms with Gasteiger partial charge in [0.2, 0.25) is 5.91 Å². The number of nitrogens with one attached hydrogen (secondary N) is 1. The Kier molecular flexibility index (Phi) is 4.76. The van der Waals surface area contributed by atoms with Gasteiger partial charge in [-0.2, -0.15) is 11.8 Å². The minimum Gasteiger partial charge on any atom is -0.368 e. The lowest BCUT2D eigenvalue weighted by molar-refractivity contribution is -0.124. The summed E-state index contributed by atoms with van der Waals surface area (Å²) in [5.41, 5.74) is 9.01. The standard InChI is InChI=1S/C16H24N2OS/c1-11-6-12(2)8-13(7-11)9-20-10-16(18-3,15(17)19)14-4-5-14/h6-8,14,18H,4-5,9-10H2,1-3H3,(H2,17,19). The summed E-state index contributed by atoms with van der Waals surface area (Å²) in [6.45, 7) is 4.24. The van der Waals surface area contributed by atoms with Crippen LogP contribution in [0.2, 0.25) is 0 Å². The smallest absolute Gasteiger partial charge is 0.238 e. The van der Waals surface area contributed by atoms with Gasteiger partial charge >= 0.3 is 0 Å². The first-order valence-corrected chi connectivity index (χ1v) is 8.27. The summed E-state index contributed by atoms with van der Waals surface area (Å²) in [7, 11) is 1.85. The molecule has 3 nitrogen and oxygen atoms in total. The van der Waals surface area contributed by atoms with Crippen LogP contribution in [0.5, 0.6) is 0 Å². The summed E-state index contributed by atoms with van der Waals surface area (Å²) >= 11 is 1.79. The zero-order chi connectivity index (χ0) is 14.8. The Labute approximate surface area is 125 Å². The van der Waals surface area contributed by atoms with E-state index in [-0.39, 0.29) is 5.91 Å². The summed E-state index contributed by atoms with van der Waals surface area (Å²) in [4.78, 5) is 11.8. The maximum atomic E-state index is 11.8. The Bertz CT molecular complexity index is 479. The normalized spacial score (nSPS) is 17.8. The molecule has 1 atom stereocenters. The number of rotatable bonds is 7. The van der Waals surface area contributed by atoms with Crippen molar-refractivity contribution in [2.75, 3.05) is 12.8 Å². The van der Waals surface area contributed by atoms with Crippen LogP contribution in [0.15, 0.2) is 18.2 Å². The predicted octanol–water partition coefficient (Wildman–Crippen LogP) is 2.39. The molecule has 0 bridgehead atoms. The van der Waals surface area contributed by atoms with Crippen LogP contribution in [0.1, 0.15) is 29.5 Å². The average molecular weight is 292 g/mol. The zero-order valence-corrected chi connectivity index (χ0v) is 13.3. The highest BCUT2D eigenvalue weighted by Crippen LogP contribution is 2.41. The van der Waals surface area contributed by atoms with Crippen molar-refractivity contribution in [2.45, 2.75) is 38.0 Å². The summed E-state index contributed by atoms with van der Waals surface area (Å²) in [5.74, 6) is 1.87. The topological polar surface area (TPSA) is 55.1 Å². The molecule has 2 rings (SSSR count). The molecule has 1 aromatic rings. The largest absolute Gasteiger partial charge is 0.368 e. The zero-order valence-electron chi connectivity index (χ0n) is 12.5. The van der Waals surface area contributed by atoms with Crippen LogP contribution in [0, 0.1) is 19.8 Å². The van der Waals surface area contributed by atoms with Gasteiger partial charge in [0.25, 0.3) is 0 Å². The van der Waals surface area contributed by atoms with Crippen LogP contribution in [0.3, 0.4) is 0 Å². The summed E-state index contributed by atoms with van der Waals surface area (Å²) < 4.78 is 0. The average Bonchev–Trinajstić information content (AvgIpc) is 3.18. The molecule has 4 heteroatoms. The monoisotopic (exact) mass is 292 g/mol. The number of amides is 1. The van der Waals surface area contributed by atoms with Crippen molar-refractivity contribution in [3.8, 4) is 0 Å². The van der Waals surface area contributed by atoms with Crippen LogP contribution < -0.4 is 11.1 Å². The van der Waals surface area contributed by atoms with Crippen molar-refractivity contribution in [3.05, 3.63) is 34.9 Å². The Balaban J connectivity index is 1.98. The van der Waals surface area contributed by atoms with Gasteiger partial charge < -0.3 is 11.1 Å². The van der Waals surface area contributed by atoms with Gasteiger partial charge in [-0.15, -0.1) is 0 Å². The second kappa shape index (κ2) is 6.19. The molecular formula is C16H24N2OS. The molecule has 1 saturated carbocycles. The molecule has 3 N–H and O–H groups in total. The summed E-state index contributed by atoms with van der Waals surface area (Å²) in [6, 6.07) is 6.60. The van der Waals surface area contributed by atoms with E-state index in [1.54, 1.807) is 11.8 Å². The highest BCUT2D eigenvalue weighted by atomic mass is 32.2. The molecule has 20 heavy (non-hydrogen) atoms. The predicted molar refractivity (Wildman–Crippen MR) is 85.8 cm³/mol. The third-order valence-electron chi connectivity index (χ3n) is 4.04. The van der Waals surface area contributed by atoms with E-state index in [2.05, 4.69) is 37.4 Å². The first kappa shape index (κ1) is 15.4. The van der Waals surface area contributed by atoms with Crippen molar-refractivity contribution < 1.29 is 4.79 Å². The number of hydrogen-bond donors (Lipinski definition) is 2. The lowest BCUT2D eigenvalue weighted by atomic mass is 9.95. The number of nitrogens with two attached hydrogens (primary N) is 1. The Morgan fingerprint density at radius 1 is 1.35 bits per heavy atom. The highest BCUT2D eigenvalue weighted by molar-refractivity contribution is 7.98. The van der Waals surface area contributed by atoms with E-state index in [1.807, 2.05) is 7.05 Å². The van der Waals surface area contributed by atoms with Crippen LogP contribution in [0.25, 0.3) is 0 Å². The van der Waals surface area contributed by atoms with E-state index in [0.717, 1.165) is 24.3 Å². The summed E-state index contributed by atoms with van der Waals surface area (Å²) in [5, 5.41) is 3.19. The SMILES string of the molecule is CNC(CSCc1cc(C)cc(C)c1)(C(N)=O)C1CC1. The van der Waals surface area contributed by atoms with Gasteiger partial charge in [-0.25, -0.2) is 0 Å². The van der Waals surface area contributed by atoms with Crippen molar-refractivity contribution in [1.29, 1.82) is 0 Å². The second-order valence-electron chi connectivity index (χ2n) is 5.85. The molecular weight excluding hydrogens is 268 g/mol. The van der Waals surface area contributed by atoms with Gasteiger partial charge in [0.15, 0.2) is 0 Å². The lowest BCUT2D eigenvalue weighted by Gasteiger charge is -2.30. The molecule has 0 heterocycles. The number of benzene rings is 1. The van der Waals surface area contributed by atoms with Crippen molar-refractivity contribution in [2.24, 2.45) is 11.7 Å². The van der Waals surface area contributed by atoms with Gasteiger partial charge in [-0.1, -0.05) is 29.3 Å². The Morgan fingerprint density at radius 2 is 1.95 bits per heavy atom. The minimum atomic E-state index is -0.524. The molecule has 0 radical (unpaired) electrons. The number of aryl methyl sites for hydroxylation is 2. The molecule has 1 aromatic carbocycles. The van der Waals surface area contributed by atoms with Crippen LogP contribution in [-0.4, -0.2) is 24.2 Å². The van der Waals surface area contributed by atoms with Gasteiger partial charge in [-0.05, 0) is 45.2 Å². The fourth-order valence-electron chi connectivity index (χ4n) is 2.85. The van der Waals surface area contributed by atoms with E-state index in [0.29, 0.717) is 5.92 Å². The number of carbonyl (C=O) groups is 1. The van der Waals surface area contributed by atoms with Crippen LogP contribution >= 0.6 is 11.8 Å². The fraction of sp³-hybridized carbons (Fsp3) is 0.562. The maximum absolute atomic E-state index is 11.8. The number of likely N-dealkylation sites (N-methyl/N-ethyl adjacent to an activating group) is 1. The number of primary amides is 1. The molecule has 0 saturated heterocycles. The van der Waals surface area contributed by atoms with Crippen molar-refractivity contribution in [1.82, 2.24) is 5.32 Å². The molecule has 1 unspecified atom stereocenters. The quantitative estimate of drug-likeness (QED) is 0.811. The molecule has 110 valence electrons. The fourth-order valence-corrected chi connectivity index (χ4v) is 4.20. The third kappa shape index (κ3) is 3.36.